The Labute approximate surface area is 165 Å². The van der Waals surface area contributed by atoms with Crippen LogP contribution in [0.3, 0.4) is 0 Å². The number of hydrogen-bond donors (Lipinski definition) is 2. The van der Waals surface area contributed by atoms with Crippen molar-refractivity contribution in [3.63, 3.8) is 0 Å². The molecule has 27 heavy (non-hydrogen) atoms. The highest BCUT2D eigenvalue weighted by Crippen LogP contribution is 2.68. The smallest absolute Gasteiger partial charge is 0.303 e. The summed E-state index contributed by atoms with van der Waals surface area (Å²) in [7, 11) is 0. The molecule has 0 bridgehead atoms. The van der Waals surface area contributed by atoms with Gasteiger partial charge in [0.05, 0.1) is 6.10 Å². The Bertz CT molecular complexity index is 574. The van der Waals surface area contributed by atoms with Gasteiger partial charge in [0.1, 0.15) is 0 Å². The van der Waals surface area contributed by atoms with Crippen LogP contribution in [0.4, 0.5) is 0 Å². The summed E-state index contributed by atoms with van der Waals surface area (Å²) in [5.41, 5.74) is 0.882. The molecule has 0 saturated heterocycles. The van der Waals surface area contributed by atoms with Crippen molar-refractivity contribution in [3.8, 4) is 0 Å². The van der Waals surface area contributed by atoms with Crippen molar-refractivity contribution in [3.05, 3.63) is 0 Å². The van der Waals surface area contributed by atoms with Crippen molar-refractivity contribution in [2.45, 2.75) is 97.5 Å². The summed E-state index contributed by atoms with van der Waals surface area (Å²) < 4.78 is 0. The van der Waals surface area contributed by atoms with E-state index < -0.39 is 5.97 Å². The first-order valence-corrected chi connectivity index (χ1v) is 11.7. The van der Waals surface area contributed by atoms with E-state index in [0.717, 1.165) is 42.9 Å². The van der Waals surface area contributed by atoms with E-state index in [1.165, 1.54) is 44.9 Å². The summed E-state index contributed by atoms with van der Waals surface area (Å²) in [6.45, 7) is 7.43. The van der Waals surface area contributed by atoms with Crippen LogP contribution in [0.5, 0.6) is 0 Å². The van der Waals surface area contributed by atoms with Gasteiger partial charge in [0.25, 0.3) is 0 Å². The van der Waals surface area contributed by atoms with Crippen LogP contribution in [0.15, 0.2) is 0 Å². The first-order chi connectivity index (χ1) is 12.8. The molecule has 2 N–H and O–H groups in total. The van der Waals surface area contributed by atoms with E-state index in [-0.39, 0.29) is 6.10 Å². The molecule has 9 atom stereocenters. The molecular formula is C24H40O3. The molecule has 0 amide bonds. The number of aliphatic carboxylic acids is 1. The number of aliphatic hydroxyl groups excluding tert-OH is 1. The molecule has 3 heteroatoms. The van der Waals surface area contributed by atoms with Crippen LogP contribution in [0, 0.1) is 46.3 Å². The van der Waals surface area contributed by atoms with Gasteiger partial charge in [-0.2, -0.15) is 0 Å². The zero-order valence-electron chi connectivity index (χ0n) is 17.6. The quantitative estimate of drug-likeness (QED) is 0.680. The molecule has 154 valence electrons. The number of aliphatic hydroxyl groups is 1. The van der Waals surface area contributed by atoms with Gasteiger partial charge in [-0.15, -0.1) is 0 Å². The molecule has 0 aromatic heterocycles. The predicted octanol–water partition coefficient (Wildman–Crippen LogP) is 5.51. The second-order valence-corrected chi connectivity index (χ2v) is 11.2. The van der Waals surface area contributed by atoms with E-state index in [0.29, 0.717) is 29.1 Å². The molecule has 3 nitrogen and oxygen atoms in total. The fraction of sp³-hybridized carbons (Fsp3) is 0.958. The monoisotopic (exact) mass is 376 g/mol. The zero-order chi connectivity index (χ0) is 19.4. The van der Waals surface area contributed by atoms with Crippen LogP contribution in [0.2, 0.25) is 0 Å². The summed E-state index contributed by atoms with van der Waals surface area (Å²) in [5, 5.41) is 19.3. The Morgan fingerprint density at radius 3 is 2.44 bits per heavy atom. The average Bonchev–Trinajstić information content (AvgIpc) is 2.97. The van der Waals surface area contributed by atoms with E-state index in [9.17, 15) is 9.90 Å². The topological polar surface area (TPSA) is 57.5 Å². The van der Waals surface area contributed by atoms with Crippen molar-refractivity contribution >= 4 is 5.97 Å². The number of carboxylic acids is 1. The Morgan fingerprint density at radius 2 is 1.70 bits per heavy atom. The lowest BCUT2D eigenvalue weighted by molar-refractivity contribution is -0.138. The maximum absolute atomic E-state index is 11.0. The Kier molecular flexibility index (Phi) is 5.15. The van der Waals surface area contributed by atoms with Gasteiger partial charge in [0.15, 0.2) is 0 Å². The third-order valence-electron chi connectivity index (χ3n) is 10.2. The maximum atomic E-state index is 11.0. The highest BCUT2D eigenvalue weighted by atomic mass is 16.4. The lowest BCUT2D eigenvalue weighted by Gasteiger charge is -2.61. The Hall–Kier alpha value is -0.570. The van der Waals surface area contributed by atoms with Crippen molar-refractivity contribution in [1.82, 2.24) is 0 Å². The van der Waals surface area contributed by atoms with E-state index in [1.807, 2.05) is 0 Å². The van der Waals surface area contributed by atoms with Crippen molar-refractivity contribution in [1.29, 1.82) is 0 Å². The van der Waals surface area contributed by atoms with Crippen molar-refractivity contribution in [2.24, 2.45) is 46.3 Å². The standard InChI is InChI=1S/C24H40O3/c1-15(4-9-22(26)27)19-7-8-20-18-6-5-16-14-17(25)10-12-23(16,2)21(18)11-13-24(19,20)3/h15-21,25H,4-14H2,1-3H3,(H,26,27)/t15?,16-,17-,18?,19?,20+,21+,23+,24-/m1/s1. The van der Waals surface area contributed by atoms with Crippen LogP contribution in [-0.4, -0.2) is 22.3 Å². The molecule has 0 aliphatic heterocycles. The van der Waals surface area contributed by atoms with Gasteiger partial charge < -0.3 is 10.2 Å². The maximum Gasteiger partial charge on any atom is 0.303 e. The van der Waals surface area contributed by atoms with Gasteiger partial charge in [-0.05, 0) is 111 Å². The minimum absolute atomic E-state index is 0.0561. The van der Waals surface area contributed by atoms with Gasteiger partial charge in [-0.25, -0.2) is 0 Å². The summed E-state index contributed by atoms with van der Waals surface area (Å²) >= 11 is 0. The summed E-state index contributed by atoms with van der Waals surface area (Å²) in [6.07, 6.45) is 12.4. The number of carbonyl (C=O) groups is 1. The number of rotatable bonds is 4. The number of hydrogen-bond acceptors (Lipinski definition) is 2. The molecule has 4 aliphatic carbocycles. The fourth-order valence-corrected chi connectivity index (χ4v) is 8.76. The molecular weight excluding hydrogens is 336 g/mol. The van der Waals surface area contributed by atoms with Crippen LogP contribution >= 0.6 is 0 Å². The first kappa shape index (κ1) is 19.7. The summed E-state index contributed by atoms with van der Waals surface area (Å²) in [4.78, 5) is 11.0. The van der Waals surface area contributed by atoms with Gasteiger partial charge in [0.2, 0.25) is 0 Å². The van der Waals surface area contributed by atoms with Gasteiger partial charge in [-0.1, -0.05) is 20.8 Å². The largest absolute Gasteiger partial charge is 0.481 e. The first-order valence-electron chi connectivity index (χ1n) is 11.7. The molecule has 4 aliphatic rings. The van der Waals surface area contributed by atoms with E-state index in [2.05, 4.69) is 20.8 Å². The molecule has 0 aromatic carbocycles. The second-order valence-electron chi connectivity index (χ2n) is 11.2. The molecule has 0 spiro atoms. The van der Waals surface area contributed by atoms with Gasteiger partial charge in [0, 0.05) is 6.42 Å². The van der Waals surface area contributed by atoms with Crippen LogP contribution < -0.4 is 0 Å². The molecule has 4 rings (SSSR count). The van der Waals surface area contributed by atoms with Gasteiger partial charge in [-0.3, -0.25) is 4.79 Å². The number of carboxylic acid groups (broad SMARTS) is 1. The molecule has 0 radical (unpaired) electrons. The van der Waals surface area contributed by atoms with E-state index >= 15 is 0 Å². The Morgan fingerprint density at radius 1 is 1.00 bits per heavy atom. The minimum Gasteiger partial charge on any atom is -0.481 e. The minimum atomic E-state index is -0.643. The van der Waals surface area contributed by atoms with Crippen molar-refractivity contribution in [2.75, 3.05) is 0 Å². The summed E-state index contributed by atoms with van der Waals surface area (Å²) in [6, 6.07) is 0. The van der Waals surface area contributed by atoms with Crippen LogP contribution in [0.1, 0.15) is 91.4 Å². The van der Waals surface area contributed by atoms with E-state index in [1.54, 1.807) is 0 Å². The fourth-order valence-electron chi connectivity index (χ4n) is 8.76. The predicted molar refractivity (Wildman–Crippen MR) is 107 cm³/mol. The third-order valence-corrected chi connectivity index (χ3v) is 10.2. The zero-order valence-corrected chi connectivity index (χ0v) is 17.6. The molecule has 3 unspecified atom stereocenters. The molecule has 0 heterocycles. The van der Waals surface area contributed by atoms with Crippen LogP contribution in [-0.2, 0) is 4.79 Å². The average molecular weight is 377 g/mol. The highest BCUT2D eigenvalue weighted by Gasteiger charge is 2.60. The normalized spacial score (nSPS) is 50.4. The van der Waals surface area contributed by atoms with Gasteiger partial charge >= 0.3 is 5.97 Å². The molecule has 4 fully saturated rings. The second kappa shape index (κ2) is 7.04. The Balaban J connectivity index is 1.51. The SMILES string of the molecule is CC(CCC(=O)O)C1CC[C@H]2C3CC[C@@H]4C[C@H](O)CC[C@]4(C)[C@H]3CC[C@]12C. The lowest BCUT2D eigenvalue weighted by atomic mass is 9.44. The van der Waals surface area contributed by atoms with E-state index in [4.69, 9.17) is 5.11 Å². The molecule has 0 aromatic rings. The van der Waals surface area contributed by atoms with Crippen LogP contribution in [0.25, 0.3) is 0 Å². The highest BCUT2D eigenvalue weighted by molar-refractivity contribution is 5.66. The number of fused-ring (bicyclic) bond motifs is 5. The molecule has 4 saturated carbocycles. The summed E-state index contributed by atoms with van der Waals surface area (Å²) in [5.74, 6) is 3.91. The third kappa shape index (κ3) is 3.16. The van der Waals surface area contributed by atoms with Crippen molar-refractivity contribution < 1.29 is 15.0 Å². The lowest BCUT2D eigenvalue weighted by Crippen LogP contribution is -2.54.